The topological polar surface area (TPSA) is 67.0 Å². The predicted molar refractivity (Wildman–Crippen MR) is 88.5 cm³/mol. The molecule has 3 rings (SSSR count). The maximum Gasteiger partial charge on any atom is 0.227 e. The van der Waals surface area contributed by atoms with E-state index in [0.717, 1.165) is 23.4 Å². The van der Waals surface area contributed by atoms with Gasteiger partial charge in [-0.25, -0.2) is 4.98 Å². The lowest BCUT2D eigenvalue weighted by atomic mass is 9.74. The van der Waals surface area contributed by atoms with Crippen LogP contribution in [0.3, 0.4) is 0 Å². The number of rotatable bonds is 5. The number of ether oxygens (including phenoxy) is 1. The summed E-state index contributed by atoms with van der Waals surface area (Å²) in [6, 6.07) is 7.86. The zero-order valence-electron chi connectivity index (χ0n) is 12.8. The van der Waals surface area contributed by atoms with Crippen LogP contribution in [0, 0.1) is 0 Å². The summed E-state index contributed by atoms with van der Waals surface area (Å²) in [4.78, 5) is 19.2. The number of nitrogens with zero attached hydrogens (tertiary/aromatic N) is 1. The van der Waals surface area contributed by atoms with Crippen molar-refractivity contribution in [1.82, 2.24) is 15.3 Å². The Kier molecular flexibility index (Phi) is 4.98. The predicted octanol–water partition coefficient (Wildman–Crippen LogP) is 2.47. The Morgan fingerprint density at radius 1 is 1.35 bits per heavy atom. The van der Waals surface area contributed by atoms with Crippen LogP contribution in [0.25, 0.3) is 0 Å². The van der Waals surface area contributed by atoms with Gasteiger partial charge in [0.1, 0.15) is 5.82 Å². The van der Waals surface area contributed by atoms with Gasteiger partial charge in [0, 0.05) is 42.6 Å². The van der Waals surface area contributed by atoms with Crippen LogP contribution in [-0.2, 0) is 21.4 Å². The zero-order valence-corrected chi connectivity index (χ0v) is 13.6. The van der Waals surface area contributed by atoms with Gasteiger partial charge in [-0.1, -0.05) is 29.8 Å². The van der Waals surface area contributed by atoms with Crippen LogP contribution in [0.4, 0.5) is 0 Å². The molecule has 0 saturated carbocycles. The third-order valence-corrected chi connectivity index (χ3v) is 4.73. The first kappa shape index (κ1) is 16.0. The van der Waals surface area contributed by atoms with Crippen molar-refractivity contribution in [2.75, 3.05) is 19.8 Å². The molecule has 2 aromatic rings. The number of nitrogens with one attached hydrogen (secondary N) is 2. The van der Waals surface area contributed by atoms with Crippen molar-refractivity contribution in [3.05, 3.63) is 53.1 Å². The van der Waals surface area contributed by atoms with E-state index >= 15 is 0 Å². The maximum atomic E-state index is 12.2. The Bertz CT molecular complexity index is 652. The number of hydrogen-bond donors (Lipinski definition) is 2. The molecule has 1 saturated heterocycles. The second kappa shape index (κ2) is 7.15. The van der Waals surface area contributed by atoms with Crippen molar-refractivity contribution < 1.29 is 9.53 Å². The monoisotopic (exact) mass is 333 g/mol. The number of aromatic nitrogens is 2. The zero-order chi connectivity index (χ0) is 16.1. The highest BCUT2D eigenvalue weighted by molar-refractivity contribution is 6.31. The van der Waals surface area contributed by atoms with Crippen LogP contribution in [0.15, 0.2) is 36.7 Å². The number of carbonyl (C=O) groups excluding carboxylic acids is 1. The van der Waals surface area contributed by atoms with E-state index in [1.54, 1.807) is 12.4 Å². The van der Waals surface area contributed by atoms with Crippen molar-refractivity contribution in [3.63, 3.8) is 0 Å². The summed E-state index contributed by atoms with van der Waals surface area (Å²) < 4.78 is 5.51. The molecule has 6 heteroatoms. The Labute approximate surface area is 140 Å². The number of carbonyl (C=O) groups is 1. The highest BCUT2D eigenvalue weighted by atomic mass is 35.5. The first-order chi connectivity index (χ1) is 11.2. The van der Waals surface area contributed by atoms with Crippen LogP contribution < -0.4 is 5.32 Å². The van der Waals surface area contributed by atoms with E-state index in [9.17, 15) is 4.79 Å². The van der Waals surface area contributed by atoms with Gasteiger partial charge in [-0.15, -0.1) is 0 Å². The van der Waals surface area contributed by atoms with E-state index < -0.39 is 0 Å². The molecule has 122 valence electrons. The summed E-state index contributed by atoms with van der Waals surface area (Å²) in [6.45, 7) is 1.91. The highest BCUT2D eigenvalue weighted by Gasteiger charge is 2.36. The largest absolute Gasteiger partial charge is 0.381 e. The minimum absolute atomic E-state index is 0.0436. The van der Waals surface area contributed by atoms with E-state index in [-0.39, 0.29) is 17.7 Å². The summed E-state index contributed by atoms with van der Waals surface area (Å²) in [5.74, 6) is 0.624. The van der Waals surface area contributed by atoms with E-state index in [1.807, 2.05) is 24.3 Å². The van der Waals surface area contributed by atoms with Gasteiger partial charge in [0.05, 0.1) is 6.42 Å². The summed E-state index contributed by atoms with van der Waals surface area (Å²) in [5, 5.41) is 3.79. The summed E-state index contributed by atoms with van der Waals surface area (Å²) in [6.07, 6.45) is 5.30. The summed E-state index contributed by atoms with van der Waals surface area (Å²) >= 11 is 6.41. The Balaban J connectivity index is 1.72. The normalized spacial score (nSPS) is 16.9. The van der Waals surface area contributed by atoms with Gasteiger partial charge in [-0.2, -0.15) is 0 Å². The lowest BCUT2D eigenvalue weighted by molar-refractivity contribution is -0.121. The van der Waals surface area contributed by atoms with Crippen molar-refractivity contribution in [3.8, 4) is 0 Å². The van der Waals surface area contributed by atoms with Crippen LogP contribution in [0.1, 0.15) is 24.2 Å². The maximum absolute atomic E-state index is 12.2. The molecule has 0 atom stereocenters. The standard InChI is InChI=1S/C17H20ClN3O2/c18-14-4-2-1-3-13(14)17(5-9-23-10-6-17)12-21-16(22)11-15-19-7-8-20-15/h1-4,7-8H,5-6,9-12H2,(H,19,20)(H,21,22). The number of imidazole rings is 1. The fourth-order valence-electron chi connectivity index (χ4n) is 3.07. The fourth-order valence-corrected chi connectivity index (χ4v) is 3.41. The number of benzene rings is 1. The van der Waals surface area contributed by atoms with Gasteiger partial charge in [0.25, 0.3) is 0 Å². The molecule has 1 aromatic heterocycles. The van der Waals surface area contributed by atoms with E-state index in [2.05, 4.69) is 15.3 Å². The molecule has 1 aliphatic heterocycles. The second-order valence-electron chi connectivity index (χ2n) is 5.86. The van der Waals surface area contributed by atoms with Gasteiger partial charge in [0.15, 0.2) is 0 Å². The molecule has 0 bridgehead atoms. The smallest absolute Gasteiger partial charge is 0.227 e. The van der Waals surface area contributed by atoms with Gasteiger partial charge < -0.3 is 15.0 Å². The van der Waals surface area contributed by atoms with Gasteiger partial charge in [0.2, 0.25) is 5.91 Å². The Morgan fingerprint density at radius 2 is 2.13 bits per heavy atom. The highest BCUT2D eigenvalue weighted by Crippen LogP contribution is 2.38. The molecule has 23 heavy (non-hydrogen) atoms. The molecule has 1 aliphatic rings. The lowest BCUT2D eigenvalue weighted by Gasteiger charge is -2.38. The molecule has 2 heterocycles. The quantitative estimate of drug-likeness (QED) is 0.883. The third kappa shape index (κ3) is 3.74. The van der Waals surface area contributed by atoms with Crippen LogP contribution in [0.2, 0.25) is 5.02 Å². The van der Waals surface area contributed by atoms with Gasteiger partial charge in [-0.05, 0) is 24.5 Å². The minimum atomic E-state index is -0.171. The van der Waals surface area contributed by atoms with Gasteiger partial charge in [-0.3, -0.25) is 4.79 Å². The molecule has 5 nitrogen and oxygen atoms in total. The molecule has 0 spiro atoms. The second-order valence-corrected chi connectivity index (χ2v) is 6.27. The lowest BCUT2D eigenvalue weighted by Crippen LogP contribution is -2.45. The Hall–Kier alpha value is -1.85. The first-order valence-corrected chi connectivity index (χ1v) is 8.15. The van der Waals surface area contributed by atoms with Crippen molar-refractivity contribution in [1.29, 1.82) is 0 Å². The molecule has 1 amide bonds. The third-order valence-electron chi connectivity index (χ3n) is 4.40. The molecular weight excluding hydrogens is 314 g/mol. The molecule has 1 fully saturated rings. The van der Waals surface area contributed by atoms with Crippen LogP contribution in [0.5, 0.6) is 0 Å². The van der Waals surface area contributed by atoms with Gasteiger partial charge >= 0.3 is 0 Å². The molecule has 0 aliphatic carbocycles. The molecule has 0 unspecified atom stereocenters. The van der Waals surface area contributed by atoms with Crippen LogP contribution >= 0.6 is 11.6 Å². The number of aromatic amines is 1. The molecule has 0 radical (unpaired) electrons. The SMILES string of the molecule is O=C(Cc1ncc[nH]1)NCC1(c2ccccc2Cl)CCOCC1. The number of amides is 1. The van der Waals surface area contributed by atoms with E-state index in [1.165, 1.54) is 0 Å². The molecule has 2 N–H and O–H groups in total. The first-order valence-electron chi connectivity index (χ1n) is 7.77. The van der Waals surface area contributed by atoms with Crippen LogP contribution in [-0.4, -0.2) is 35.6 Å². The Morgan fingerprint density at radius 3 is 2.83 bits per heavy atom. The fraction of sp³-hybridized carbons (Fsp3) is 0.412. The van der Waals surface area contributed by atoms with E-state index in [4.69, 9.17) is 16.3 Å². The summed E-state index contributed by atoms with van der Waals surface area (Å²) in [7, 11) is 0. The van der Waals surface area contributed by atoms with Crippen molar-refractivity contribution in [2.45, 2.75) is 24.7 Å². The minimum Gasteiger partial charge on any atom is -0.381 e. The molecular formula is C17H20ClN3O2. The number of hydrogen-bond acceptors (Lipinski definition) is 3. The average molecular weight is 334 g/mol. The molecule has 1 aromatic carbocycles. The average Bonchev–Trinajstić information content (AvgIpc) is 3.07. The van der Waals surface area contributed by atoms with Crippen molar-refractivity contribution in [2.24, 2.45) is 0 Å². The van der Waals surface area contributed by atoms with Crippen molar-refractivity contribution >= 4 is 17.5 Å². The summed E-state index contributed by atoms with van der Waals surface area (Å²) in [5.41, 5.74) is 0.915. The number of halogens is 1. The van der Waals surface area contributed by atoms with E-state index in [0.29, 0.717) is 25.6 Å². The number of H-pyrrole nitrogens is 1.